The number of piperidine rings is 1. The number of nitriles is 1. The lowest BCUT2D eigenvalue weighted by atomic mass is 9.79. The van der Waals surface area contributed by atoms with Crippen molar-refractivity contribution in [2.45, 2.75) is 19.3 Å². The summed E-state index contributed by atoms with van der Waals surface area (Å²) in [6.45, 7) is 4.35. The van der Waals surface area contributed by atoms with Gasteiger partial charge in [0.25, 0.3) is 0 Å². The summed E-state index contributed by atoms with van der Waals surface area (Å²) in [5.41, 5.74) is 5.66. The zero-order chi connectivity index (χ0) is 22.4. The van der Waals surface area contributed by atoms with E-state index in [1.165, 1.54) is 19.3 Å². The number of nitrogens with zero attached hydrogens (tertiary/aromatic N) is 7. The Morgan fingerprint density at radius 2 is 1.91 bits per heavy atom. The van der Waals surface area contributed by atoms with Crippen LogP contribution in [0.4, 0.5) is 5.82 Å². The zero-order valence-corrected chi connectivity index (χ0v) is 21.1. The number of anilines is 1. The minimum Gasteiger partial charge on any atom is -0.356 e. The van der Waals surface area contributed by atoms with Crippen LogP contribution in [0, 0.1) is 16.7 Å². The molecule has 8 nitrogen and oxygen atoms in total. The fourth-order valence-electron chi connectivity index (χ4n) is 5.43. The average Bonchev–Trinajstić information content (AvgIpc) is 3.59. The van der Waals surface area contributed by atoms with E-state index in [0.717, 1.165) is 59.8 Å². The second kappa shape index (κ2) is 9.86. The molecule has 0 radical (unpaired) electrons. The third-order valence-corrected chi connectivity index (χ3v) is 7.15. The van der Waals surface area contributed by atoms with Crippen molar-refractivity contribution in [1.29, 1.82) is 5.26 Å². The van der Waals surface area contributed by atoms with Crippen molar-refractivity contribution < 1.29 is 0 Å². The number of nitrogens with one attached hydrogen (secondary N) is 1. The van der Waals surface area contributed by atoms with Gasteiger partial charge in [0, 0.05) is 72.9 Å². The predicted octanol–water partition coefficient (Wildman–Crippen LogP) is 4.09. The van der Waals surface area contributed by atoms with Gasteiger partial charge in [0.2, 0.25) is 0 Å². The molecular formula is C25H28Cl2N8. The molecular weight excluding hydrogens is 483 g/mol. The Morgan fingerprint density at radius 3 is 2.60 bits per heavy atom. The molecule has 4 aromatic rings. The smallest absolute Gasteiger partial charge is 0.128 e. The molecule has 1 spiro atoms. The Morgan fingerprint density at radius 1 is 1.03 bits per heavy atom. The number of pyridine rings is 2. The SMILES string of the molecule is Cl.Cl.Cn1cc(-c2cc(-c3ccc(N4CCCC5(CCNC5)C4)nc3)c3c(C#N)cnn3c2)cn1. The molecule has 2 aliphatic rings. The Hall–Kier alpha value is -3.12. The molecule has 0 bridgehead atoms. The standard InChI is InChI=1S/C25H26N8.2ClH/c1-31-14-21(13-29-31)19-9-22(24-20(10-26)12-30-33(24)15-19)18-3-4-23(28-11-18)32-8-2-5-25(17-32)6-7-27-16-25;;/h3-4,9,11-15,27H,2,5-8,16-17H2,1H3;2*1H. The van der Waals surface area contributed by atoms with E-state index in [4.69, 9.17) is 4.98 Å². The van der Waals surface area contributed by atoms with Gasteiger partial charge in [-0.05, 0) is 44.0 Å². The van der Waals surface area contributed by atoms with Crippen molar-refractivity contribution in [2.24, 2.45) is 12.5 Å². The zero-order valence-electron chi connectivity index (χ0n) is 19.5. The summed E-state index contributed by atoms with van der Waals surface area (Å²) in [7, 11) is 1.90. The third kappa shape index (κ3) is 4.47. The van der Waals surface area contributed by atoms with E-state index >= 15 is 0 Å². The van der Waals surface area contributed by atoms with Crippen molar-refractivity contribution in [3.8, 4) is 28.3 Å². The van der Waals surface area contributed by atoms with Gasteiger partial charge in [-0.15, -0.1) is 24.8 Å². The van der Waals surface area contributed by atoms with Crippen LogP contribution in [0.1, 0.15) is 24.8 Å². The highest BCUT2D eigenvalue weighted by Gasteiger charge is 2.38. The van der Waals surface area contributed by atoms with Gasteiger partial charge >= 0.3 is 0 Å². The van der Waals surface area contributed by atoms with Gasteiger partial charge in [0.05, 0.1) is 23.5 Å². The second-order valence-electron chi connectivity index (χ2n) is 9.37. The van der Waals surface area contributed by atoms with E-state index < -0.39 is 0 Å². The van der Waals surface area contributed by atoms with Gasteiger partial charge in [-0.1, -0.05) is 0 Å². The van der Waals surface area contributed by atoms with E-state index in [-0.39, 0.29) is 24.8 Å². The summed E-state index contributed by atoms with van der Waals surface area (Å²) in [6, 6.07) is 8.62. The average molecular weight is 511 g/mol. The first-order chi connectivity index (χ1) is 16.1. The maximum absolute atomic E-state index is 9.66. The first kappa shape index (κ1) is 25.0. The van der Waals surface area contributed by atoms with Gasteiger partial charge < -0.3 is 10.2 Å². The minimum atomic E-state index is 0. The van der Waals surface area contributed by atoms with Gasteiger partial charge in [0.1, 0.15) is 11.9 Å². The van der Waals surface area contributed by atoms with E-state index in [2.05, 4.69) is 44.7 Å². The molecule has 1 unspecified atom stereocenters. The molecule has 4 aromatic heterocycles. The molecule has 10 heteroatoms. The summed E-state index contributed by atoms with van der Waals surface area (Å²) in [5, 5.41) is 21.9. The molecule has 1 N–H and O–H groups in total. The molecule has 0 saturated carbocycles. The molecule has 2 fully saturated rings. The normalized spacial score (nSPS) is 19.4. The first-order valence-electron chi connectivity index (χ1n) is 11.5. The lowest BCUT2D eigenvalue weighted by molar-refractivity contribution is 0.260. The molecule has 6 heterocycles. The Balaban J connectivity index is 0.00000144. The highest BCUT2D eigenvalue weighted by molar-refractivity contribution is 5.87. The first-order valence-corrected chi connectivity index (χ1v) is 11.5. The molecule has 182 valence electrons. The molecule has 2 aliphatic heterocycles. The monoisotopic (exact) mass is 510 g/mol. The van der Waals surface area contributed by atoms with E-state index in [9.17, 15) is 5.26 Å². The largest absolute Gasteiger partial charge is 0.356 e. The van der Waals surface area contributed by atoms with Crippen molar-refractivity contribution in [2.75, 3.05) is 31.1 Å². The van der Waals surface area contributed by atoms with Crippen LogP contribution in [0.5, 0.6) is 0 Å². The molecule has 0 aromatic carbocycles. The fourth-order valence-corrected chi connectivity index (χ4v) is 5.43. The summed E-state index contributed by atoms with van der Waals surface area (Å²) < 4.78 is 3.57. The number of hydrogen-bond acceptors (Lipinski definition) is 6. The maximum Gasteiger partial charge on any atom is 0.128 e. The predicted molar refractivity (Wildman–Crippen MR) is 141 cm³/mol. The van der Waals surface area contributed by atoms with Gasteiger partial charge in [-0.25, -0.2) is 9.50 Å². The highest BCUT2D eigenvalue weighted by Crippen LogP contribution is 2.37. The summed E-state index contributed by atoms with van der Waals surface area (Å²) >= 11 is 0. The number of rotatable bonds is 3. The van der Waals surface area contributed by atoms with Crippen molar-refractivity contribution in [3.63, 3.8) is 0 Å². The molecule has 0 aliphatic carbocycles. The van der Waals surface area contributed by atoms with Crippen LogP contribution in [0.2, 0.25) is 0 Å². The van der Waals surface area contributed by atoms with E-state index in [1.807, 2.05) is 31.8 Å². The summed E-state index contributed by atoms with van der Waals surface area (Å²) in [5.74, 6) is 1.03. The van der Waals surface area contributed by atoms with Crippen molar-refractivity contribution >= 4 is 36.1 Å². The fraction of sp³-hybridized carbons (Fsp3) is 0.360. The quantitative estimate of drug-likeness (QED) is 0.446. The number of hydrogen-bond donors (Lipinski definition) is 1. The highest BCUT2D eigenvalue weighted by atomic mass is 35.5. The van der Waals surface area contributed by atoms with Crippen LogP contribution in [0.15, 0.2) is 49.2 Å². The van der Waals surface area contributed by atoms with Gasteiger partial charge in [-0.2, -0.15) is 15.5 Å². The van der Waals surface area contributed by atoms with E-state index in [1.54, 1.807) is 15.4 Å². The molecule has 1 atom stereocenters. The van der Waals surface area contributed by atoms with Crippen LogP contribution in [0.25, 0.3) is 27.8 Å². The molecule has 35 heavy (non-hydrogen) atoms. The number of halogens is 2. The minimum absolute atomic E-state index is 0. The Kier molecular flexibility index (Phi) is 7.04. The van der Waals surface area contributed by atoms with Gasteiger partial charge in [0.15, 0.2) is 0 Å². The van der Waals surface area contributed by atoms with Crippen LogP contribution in [-0.4, -0.2) is 50.6 Å². The summed E-state index contributed by atoms with van der Waals surface area (Å²) in [6.07, 6.45) is 13.1. The van der Waals surface area contributed by atoms with Crippen LogP contribution >= 0.6 is 24.8 Å². The van der Waals surface area contributed by atoms with Gasteiger partial charge in [-0.3, -0.25) is 4.68 Å². The number of fused-ring (bicyclic) bond motifs is 1. The van der Waals surface area contributed by atoms with Crippen molar-refractivity contribution in [1.82, 2.24) is 29.7 Å². The lowest BCUT2D eigenvalue weighted by Gasteiger charge is -2.40. The van der Waals surface area contributed by atoms with E-state index in [0.29, 0.717) is 11.0 Å². The maximum atomic E-state index is 9.66. The Bertz CT molecular complexity index is 1360. The Labute approximate surface area is 216 Å². The third-order valence-electron chi connectivity index (χ3n) is 7.15. The topological polar surface area (TPSA) is 87.1 Å². The molecule has 2 saturated heterocycles. The van der Waals surface area contributed by atoms with Crippen LogP contribution in [-0.2, 0) is 7.05 Å². The van der Waals surface area contributed by atoms with Crippen molar-refractivity contribution in [3.05, 3.63) is 54.7 Å². The lowest BCUT2D eigenvalue weighted by Crippen LogP contribution is -2.44. The summed E-state index contributed by atoms with van der Waals surface area (Å²) in [4.78, 5) is 7.29. The molecule has 0 amide bonds. The second-order valence-corrected chi connectivity index (χ2v) is 9.37. The number of aromatic nitrogens is 5. The molecule has 6 rings (SSSR count). The number of aryl methyl sites for hydroxylation is 1. The van der Waals surface area contributed by atoms with Crippen LogP contribution < -0.4 is 10.2 Å². The van der Waals surface area contributed by atoms with Crippen LogP contribution in [0.3, 0.4) is 0 Å².